The highest BCUT2D eigenvalue weighted by molar-refractivity contribution is 5.22. The van der Waals surface area contributed by atoms with E-state index in [0.717, 1.165) is 13.0 Å². The fourth-order valence-corrected chi connectivity index (χ4v) is 1.58. The maximum atomic E-state index is 5.73. The first-order valence-electron chi connectivity index (χ1n) is 4.55. The smallest absolute Gasteiger partial charge is 0.0770 e. The number of hydrogen-bond acceptors (Lipinski definition) is 3. The molecule has 0 aromatic carbocycles. The topological polar surface area (TPSA) is 24.8 Å². The van der Waals surface area contributed by atoms with Gasteiger partial charge in [-0.25, -0.2) is 0 Å². The van der Waals surface area contributed by atoms with Gasteiger partial charge in [-0.1, -0.05) is 0 Å². The number of hydrogen-bond donors (Lipinski definition) is 0. The van der Waals surface area contributed by atoms with Gasteiger partial charge in [-0.15, -0.1) is 0 Å². The van der Waals surface area contributed by atoms with Crippen molar-refractivity contribution in [3.63, 3.8) is 0 Å². The van der Waals surface area contributed by atoms with Crippen LogP contribution in [0.4, 0.5) is 0 Å². The molecule has 70 valence electrons. The van der Waals surface area contributed by atoms with E-state index in [1.807, 2.05) is 12.1 Å². The Morgan fingerprint density at radius 2 is 2.33 bits per heavy atom. The molecule has 0 N–H and O–H groups in total. The maximum absolute atomic E-state index is 5.73. The first kappa shape index (κ1) is 9.52. The Hall–Kier alpha value is -0.570. The average Bonchev–Trinajstić information content (AvgIpc) is 2.04. The molecule has 0 aromatic heterocycles. The average molecular weight is 170 g/mol. The van der Waals surface area contributed by atoms with Gasteiger partial charge in [0.25, 0.3) is 0 Å². The van der Waals surface area contributed by atoms with Gasteiger partial charge in [0.2, 0.25) is 0 Å². The molecule has 1 aliphatic heterocycles. The van der Waals surface area contributed by atoms with Crippen LogP contribution >= 0.6 is 0 Å². The van der Waals surface area contributed by atoms with E-state index < -0.39 is 0 Å². The van der Waals surface area contributed by atoms with Gasteiger partial charge in [0, 0.05) is 13.8 Å². The summed E-state index contributed by atoms with van der Waals surface area (Å²) in [4.78, 5) is 0. The van der Waals surface area contributed by atoms with Gasteiger partial charge in [-0.2, -0.15) is 5.10 Å². The van der Waals surface area contributed by atoms with Gasteiger partial charge in [0.05, 0.1) is 18.8 Å². The zero-order valence-corrected chi connectivity index (χ0v) is 7.99. The lowest BCUT2D eigenvalue weighted by atomic mass is 10.1. The quantitative estimate of drug-likeness (QED) is 0.473. The number of nitrogens with zero attached hydrogens (tertiary/aromatic N) is 2. The summed E-state index contributed by atoms with van der Waals surface area (Å²) in [5.74, 6) is 0. The molecule has 1 saturated heterocycles. The zero-order chi connectivity index (χ0) is 8.97. The lowest BCUT2D eigenvalue weighted by molar-refractivity contribution is -0.0509. The van der Waals surface area contributed by atoms with Crippen molar-refractivity contribution in [1.29, 1.82) is 0 Å². The van der Waals surface area contributed by atoms with Crippen LogP contribution in [0.2, 0.25) is 0 Å². The van der Waals surface area contributed by atoms with E-state index in [0.29, 0.717) is 12.2 Å². The lowest BCUT2D eigenvalue weighted by Gasteiger charge is -2.29. The summed E-state index contributed by atoms with van der Waals surface area (Å²) in [5, 5.41) is 5.65. The van der Waals surface area contributed by atoms with Crippen LogP contribution in [0.1, 0.15) is 26.2 Å². The predicted octanol–water partition coefficient (Wildman–Crippen LogP) is 1.49. The molecular weight excluding hydrogens is 152 g/mol. The van der Waals surface area contributed by atoms with Crippen LogP contribution in [0, 0.1) is 0 Å². The van der Waals surface area contributed by atoms with Gasteiger partial charge in [0.1, 0.15) is 0 Å². The Bertz CT molecular complexity index is 149. The van der Waals surface area contributed by atoms with Crippen molar-refractivity contribution in [1.82, 2.24) is 5.01 Å². The summed E-state index contributed by atoms with van der Waals surface area (Å²) in [6, 6.07) is 0. The Kier molecular flexibility index (Phi) is 3.53. The van der Waals surface area contributed by atoms with Crippen LogP contribution in [-0.2, 0) is 4.74 Å². The molecule has 1 rings (SSSR count). The molecule has 1 fully saturated rings. The molecule has 0 amide bonds. The fraction of sp³-hybridized carbons (Fsp3) is 0.889. The van der Waals surface area contributed by atoms with Crippen molar-refractivity contribution >= 4 is 6.72 Å². The molecule has 1 heterocycles. The summed E-state index contributed by atoms with van der Waals surface area (Å²) in [6.45, 7) is 6.47. The number of ether oxygens (including phenoxy) is 1. The van der Waals surface area contributed by atoms with Crippen LogP contribution in [0.3, 0.4) is 0 Å². The van der Waals surface area contributed by atoms with E-state index in [9.17, 15) is 0 Å². The van der Waals surface area contributed by atoms with Crippen LogP contribution < -0.4 is 0 Å². The highest BCUT2D eigenvalue weighted by atomic mass is 16.5. The molecule has 0 aromatic rings. The second-order valence-corrected chi connectivity index (χ2v) is 3.48. The highest BCUT2D eigenvalue weighted by Crippen LogP contribution is 2.18. The number of likely N-dealkylation sites (N-methyl/N-ethyl adjacent to an activating group) is 1. The minimum Gasteiger partial charge on any atom is -0.373 e. The molecule has 2 atom stereocenters. The van der Waals surface area contributed by atoms with E-state index in [4.69, 9.17) is 4.74 Å². The molecule has 3 nitrogen and oxygen atoms in total. The van der Waals surface area contributed by atoms with Crippen LogP contribution in [0.5, 0.6) is 0 Å². The van der Waals surface area contributed by atoms with Crippen LogP contribution in [0.15, 0.2) is 5.10 Å². The van der Waals surface area contributed by atoms with Crippen LogP contribution in [-0.4, -0.2) is 37.5 Å². The zero-order valence-electron chi connectivity index (χ0n) is 7.99. The summed E-state index contributed by atoms with van der Waals surface area (Å²) < 4.78 is 5.73. The fourth-order valence-electron chi connectivity index (χ4n) is 1.58. The molecule has 12 heavy (non-hydrogen) atoms. The van der Waals surface area contributed by atoms with Crippen LogP contribution in [0.25, 0.3) is 0 Å². The van der Waals surface area contributed by atoms with Gasteiger partial charge >= 0.3 is 0 Å². The summed E-state index contributed by atoms with van der Waals surface area (Å²) >= 11 is 0. The molecule has 0 bridgehead atoms. The third-order valence-electron chi connectivity index (χ3n) is 2.27. The molecule has 0 spiro atoms. The minimum absolute atomic E-state index is 0.351. The van der Waals surface area contributed by atoms with Crippen molar-refractivity contribution < 1.29 is 4.74 Å². The Balaban J connectivity index is 2.26. The van der Waals surface area contributed by atoms with Crippen molar-refractivity contribution in [2.75, 3.05) is 13.6 Å². The predicted molar refractivity (Wildman–Crippen MR) is 50.4 cm³/mol. The molecule has 2 unspecified atom stereocenters. The number of rotatable bonds is 3. The Labute approximate surface area is 74.4 Å². The highest BCUT2D eigenvalue weighted by Gasteiger charge is 2.19. The first-order chi connectivity index (χ1) is 5.72. The summed E-state index contributed by atoms with van der Waals surface area (Å²) in [6.07, 6.45) is 4.40. The third kappa shape index (κ3) is 2.81. The normalized spacial score (nSPS) is 29.8. The maximum Gasteiger partial charge on any atom is 0.0770 e. The first-order valence-corrected chi connectivity index (χ1v) is 4.55. The molecule has 1 aliphatic rings. The standard InChI is InChI=1S/C9H18N2O/c1-8-5-4-6-9(12-8)7-11(3)10-2/h8-9H,2,4-7H2,1,3H3. The van der Waals surface area contributed by atoms with Crippen molar-refractivity contribution in [3.05, 3.63) is 0 Å². The largest absolute Gasteiger partial charge is 0.373 e. The second-order valence-electron chi connectivity index (χ2n) is 3.48. The monoisotopic (exact) mass is 170 g/mol. The third-order valence-corrected chi connectivity index (χ3v) is 2.27. The van der Waals surface area contributed by atoms with E-state index in [1.54, 1.807) is 0 Å². The minimum atomic E-state index is 0.351. The van der Waals surface area contributed by atoms with Gasteiger partial charge in [0.15, 0.2) is 0 Å². The Morgan fingerprint density at radius 3 is 2.92 bits per heavy atom. The van der Waals surface area contributed by atoms with Crippen molar-refractivity contribution in [2.24, 2.45) is 5.10 Å². The van der Waals surface area contributed by atoms with Gasteiger partial charge in [-0.05, 0) is 26.2 Å². The summed E-state index contributed by atoms with van der Waals surface area (Å²) in [7, 11) is 1.93. The van der Waals surface area contributed by atoms with Crippen molar-refractivity contribution in [2.45, 2.75) is 38.4 Å². The Morgan fingerprint density at radius 1 is 1.58 bits per heavy atom. The van der Waals surface area contributed by atoms with E-state index in [1.165, 1.54) is 12.8 Å². The van der Waals surface area contributed by atoms with Gasteiger partial charge < -0.3 is 4.74 Å². The summed E-state index contributed by atoms with van der Waals surface area (Å²) in [5.41, 5.74) is 0. The molecule has 0 radical (unpaired) electrons. The van der Waals surface area contributed by atoms with E-state index in [2.05, 4.69) is 18.7 Å². The molecule has 0 aliphatic carbocycles. The molecular formula is C9H18N2O. The van der Waals surface area contributed by atoms with Crippen molar-refractivity contribution in [3.8, 4) is 0 Å². The van der Waals surface area contributed by atoms with Gasteiger partial charge in [-0.3, -0.25) is 5.01 Å². The molecule has 0 saturated carbocycles. The second kappa shape index (κ2) is 4.45. The lowest BCUT2D eigenvalue weighted by Crippen LogP contribution is -2.33. The van der Waals surface area contributed by atoms with E-state index in [-0.39, 0.29) is 0 Å². The number of hydrazone groups is 1. The van der Waals surface area contributed by atoms with E-state index >= 15 is 0 Å². The molecule has 3 heteroatoms. The SMILES string of the molecule is C=NN(C)CC1CCCC(C)O1.